The molecule has 21 heavy (non-hydrogen) atoms. The number of carbonyl (C=O) groups is 1. The molecular formula is C16H24N4O. The molecule has 0 saturated carbocycles. The van der Waals surface area contributed by atoms with Gasteiger partial charge in [0.1, 0.15) is 12.2 Å². The quantitative estimate of drug-likeness (QED) is 0.802. The standard InChI is InChI=1S/C16H24N4O/c1-19-12-17-18-16(19)14-8-5-9-20(11-14)15(21)10-13-6-3-2-4-7-13/h3,6,12-14H,2,4-5,7-11H2,1H3/t13-,14+/m0/s1. The van der Waals surface area contributed by atoms with E-state index >= 15 is 0 Å². The summed E-state index contributed by atoms with van der Waals surface area (Å²) in [5.41, 5.74) is 0. The van der Waals surface area contributed by atoms with Gasteiger partial charge in [0.2, 0.25) is 5.91 Å². The smallest absolute Gasteiger partial charge is 0.223 e. The fourth-order valence-corrected chi connectivity index (χ4v) is 3.48. The fourth-order valence-electron chi connectivity index (χ4n) is 3.48. The minimum atomic E-state index is 0.304. The highest BCUT2D eigenvalue weighted by molar-refractivity contribution is 5.76. The van der Waals surface area contributed by atoms with Crippen LogP contribution in [0.1, 0.15) is 50.3 Å². The molecule has 3 rings (SSSR count). The van der Waals surface area contributed by atoms with Crippen LogP contribution >= 0.6 is 0 Å². The fraction of sp³-hybridized carbons (Fsp3) is 0.688. The molecule has 0 bridgehead atoms. The highest BCUT2D eigenvalue weighted by atomic mass is 16.2. The number of nitrogens with zero attached hydrogens (tertiary/aromatic N) is 4. The van der Waals surface area contributed by atoms with Gasteiger partial charge >= 0.3 is 0 Å². The second-order valence-corrected chi connectivity index (χ2v) is 6.30. The lowest BCUT2D eigenvalue weighted by atomic mass is 9.91. The molecule has 1 fully saturated rings. The average Bonchev–Trinajstić information content (AvgIpc) is 2.94. The zero-order valence-electron chi connectivity index (χ0n) is 12.7. The summed E-state index contributed by atoms with van der Waals surface area (Å²) in [5.74, 6) is 2.09. The number of piperidine rings is 1. The molecular weight excluding hydrogens is 264 g/mol. The van der Waals surface area contributed by atoms with E-state index in [0.29, 0.717) is 24.2 Å². The highest BCUT2D eigenvalue weighted by Crippen LogP contribution is 2.27. The van der Waals surface area contributed by atoms with Crippen molar-refractivity contribution >= 4 is 5.91 Å². The third-order valence-corrected chi connectivity index (χ3v) is 4.68. The minimum Gasteiger partial charge on any atom is -0.342 e. The Hall–Kier alpha value is -1.65. The molecule has 2 atom stereocenters. The maximum atomic E-state index is 12.5. The molecule has 0 aromatic carbocycles. The van der Waals surface area contributed by atoms with Crippen LogP contribution in [0.15, 0.2) is 18.5 Å². The predicted molar refractivity (Wildman–Crippen MR) is 80.7 cm³/mol. The lowest BCUT2D eigenvalue weighted by molar-refractivity contribution is -0.133. The normalized spacial score (nSPS) is 26.0. The van der Waals surface area contributed by atoms with E-state index in [2.05, 4.69) is 22.3 Å². The third kappa shape index (κ3) is 3.34. The van der Waals surface area contributed by atoms with Crippen LogP contribution in [0, 0.1) is 5.92 Å². The Kier molecular flexibility index (Phi) is 4.36. The number of hydrogen-bond acceptors (Lipinski definition) is 3. The van der Waals surface area contributed by atoms with Gasteiger partial charge in [-0.1, -0.05) is 12.2 Å². The van der Waals surface area contributed by atoms with Gasteiger partial charge in [0.25, 0.3) is 0 Å². The number of hydrogen-bond donors (Lipinski definition) is 0. The Morgan fingerprint density at radius 1 is 1.38 bits per heavy atom. The lowest BCUT2D eigenvalue weighted by Gasteiger charge is -2.33. The van der Waals surface area contributed by atoms with Crippen LogP contribution in [-0.2, 0) is 11.8 Å². The van der Waals surface area contributed by atoms with E-state index in [-0.39, 0.29) is 0 Å². The Balaban J connectivity index is 1.60. The van der Waals surface area contributed by atoms with Crippen molar-refractivity contribution in [2.24, 2.45) is 13.0 Å². The number of aromatic nitrogens is 3. The molecule has 2 aliphatic rings. The summed E-state index contributed by atoms with van der Waals surface area (Å²) in [6, 6.07) is 0. The summed E-state index contributed by atoms with van der Waals surface area (Å²) in [6.07, 6.45) is 12.6. The summed E-state index contributed by atoms with van der Waals surface area (Å²) in [4.78, 5) is 14.5. The maximum absolute atomic E-state index is 12.5. The van der Waals surface area contributed by atoms with E-state index in [1.807, 2.05) is 16.5 Å². The third-order valence-electron chi connectivity index (χ3n) is 4.68. The average molecular weight is 288 g/mol. The molecule has 2 heterocycles. The van der Waals surface area contributed by atoms with Crippen LogP contribution in [0.25, 0.3) is 0 Å². The van der Waals surface area contributed by atoms with Gasteiger partial charge in [0, 0.05) is 32.5 Å². The second kappa shape index (κ2) is 6.41. The zero-order chi connectivity index (χ0) is 14.7. The van der Waals surface area contributed by atoms with E-state index < -0.39 is 0 Å². The summed E-state index contributed by atoms with van der Waals surface area (Å²) in [7, 11) is 1.98. The first-order chi connectivity index (χ1) is 10.2. The topological polar surface area (TPSA) is 51.0 Å². The van der Waals surface area contributed by atoms with E-state index in [1.54, 1.807) is 6.33 Å². The molecule has 1 saturated heterocycles. The summed E-state index contributed by atoms with van der Waals surface area (Å²) < 4.78 is 1.97. The molecule has 1 aliphatic carbocycles. The first-order valence-corrected chi connectivity index (χ1v) is 8.02. The van der Waals surface area contributed by atoms with Crippen LogP contribution in [0.3, 0.4) is 0 Å². The van der Waals surface area contributed by atoms with Gasteiger partial charge < -0.3 is 9.47 Å². The SMILES string of the molecule is Cn1cnnc1[C@@H]1CCCN(C(=O)C[C@H]2C=CCCC2)C1. The number of allylic oxidation sites excluding steroid dienone is 2. The molecule has 0 unspecified atom stereocenters. The zero-order valence-corrected chi connectivity index (χ0v) is 12.7. The molecule has 5 heteroatoms. The second-order valence-electron chi connectivity index (χ2n) is 6.30. The van der Waals surface area contributed by atoms with Crippen LogP contribution in [0.4, 0.5) is 0 Å². The van der Waals surface area contributed by atoms with E-state index in [4.69, 9.17) is 0 Å². The van der Waals surface area contributed by atoms with Crippen LogP contribution in [0.5, 0.6) is 0 Å². The Morgan fingerprint density at radius 3 is 3.00 bits per heavy atom. The van der Waals surface area contributed by atoms with Gasteiger partial charge in [0.05, 0.1) is 0 Å². The van der Waals surface area contributed by atoms with Crippen molar-refractivity contribution in [3.63, 3.8) is 0 Å². The monoisotopic (exact) mass is 288 g/mol. The van der Waals surface area contributed by atoms with Crippen molar-refractivity contribution in [1.82, 2.24) is 19.7 Å². The number of amides is 1. The Bertz CT molecular complexity index is 522. The summed E-state index contributed by atoms with van der Waals surface area (Å²) in [6.45, 7) is 1.69. The van der Waals surface area contributed by atoms with Crippen molar-refractivity contribution in [2.75, 3.05) is 13.1 Å². The minimum absolute atomic E-state index is 0.304. The molecule has 114 valence electrons. The van der Waals surface area contributed by atoms with Crippen molar-refractivity contribution in [3.8, 4) is 0 Å². The first-order valence-electron chi connectivity index (χ1n) is 8.02. The molecule has 0 radical (unpaired) electrons. The lowest BCUT2D eigenvalue weighted by Crippen LogP contribution is -2.40. The highest BCUT2D eigenvalue weighted by Gasteiger charge is 2.28. The number of aryl methyl sites for hydroxylation is 1. The molecule has 5 nitrogen and oxygen atoms in total. The Morgan fingerprint density at radius 2 is 2.29 bits per heavy atom. The maximum Gasteiger partial charge on any atom is 0.223 e. The molecule has 1 aromatic rings. The number of carbonyl (C=O) groups excluding carboxylic acids is 1. The summed E-state index contributed by atoms with van der Waals surface area (Å²) in [5, 5.41) is 8.17. The molecule has 1 aliphatic heterocycles. The van der Waals surface area contributed by atoms with E-state index in [0.717, 1.165) is 38.2 Å². The van der Waals surface area contributed by atoms with Gasteiger partial charge in [0.15, 0.2) is 0 Å². The van der Waals surface area contributed by atoms with Crippen LogP contribution < -0.4 is 0 Å². The van der Waals surface area contributed by atoms with E-state index in [1.165, 1.54) is 12.8 Å². The largest absolute Gasteiger partial charge is 0.342 e. The Labute approximate surface area is 126 Å². The molecule has 0 spiro atoms. The van der Waals surface area contributed by atoms with Gasteiger partial charge in [-0.15, -0.1) is 10.2 Å². The van der Waals surface area contributed by atoms with Crippen LogP contribution in [-0.4, -0.2) is 38.7 Å². The van der Waals surface area contributed by atoms with Crippen molar-refractivity contribution < 1.29 is 4.79 Å². The van der Waals surface area contributed by atoms with Crippen molar-refractivity contribution in [3.05, 3.63) is 24.3 Å². The number of likely N-dealkylation sites (tertiary alicyclic amines) is 1. The molecule has 0 N–H and O–H groups in total. The van der Waals surface area contributed by atoms with Gasteiger partial charge in [-0.3, -0.25) is 4.79 Å². The van der Waals surface area contributed by atoms with Crippen molar-refractivity contribution in [2.45, 2.75) is 44.4 Å². The van der Waals surface area contributed by atoms with E-state index in [9.17, 15) is 4.79 Å². The van der Waals surface area contributed by atoms with Gasteiger partial charge in [-0.05, 0) is 38.0 Å². The van der Waals surface area contributed by atoms with Gasteiger partial charge in [-0.2, -0.15) is 0 Å². The van der Waals surface area contributed by atoms with Crippen LogP contribution in [0.2, 0.25) is 0 Å². The first kappa shape index (κ1) is 14.3. The summed E-state index contributed by atoms with van der Waals surface area (Å²) >= 11 is 0. The van der Waals surface area contributed by atoms with Gasteiger partial charge in [-0.25, -0.2) is 0 Å². The predicted octanol–water partition coefficient (Wildman–Crippen LogP) is 2.27. The molecule has 1 amide bonds. The number of rotatable bonds is 3. The molecule has 1 aromatic heterocycles. The van der Waals surface area contributed by atoms with Crippen molar-refractivity contribution in [1.29, 1.82) is 0 Å².